The summed E-state index contributed by atoms with van der Waals surface area (Å²) in [5.74, 6) is 0.517. The molecular weight excluding hydrogens is 256 g/mol. The van der Waals surface area contributed by atoms with Crippen LogP contribution in [0.15, 0.2) is 57.7 Å². The van der Waals surface area contributed by atoms with Gasteiger partial charge in [0, 0.05) is 11.6 Å². The maximum atomic E-state index is 12.2. The first-order valence-electron chi connectivity index (χ1n) is 6.10. The lowest BCUT2D eigenvalue weighted by Gasteiger charge is -2.07. The van der Waals surface area contributed by atoms with Crippen molar-refractivity contribution in [2.75, 3.05) is 7.11 Å². The summed E-state index contributed by atoms with van der Waals surface area (Å²) in [5, 5.41) is 10.1. The largest absolute Gasteiger partial charge is 0.504 e. The minimum Gasteiger partial charge on any atom is -0.504 e. The van der Waals surface area contributed by atoms with E-state index in [4.69, 9.17) is 9.15 Å². The third-order valence-electron chi connectivity index (χ3n) is 3.11. The molecule has 0 unspecified atom stereocenters. The number of hydrogen-bond donors (Lipinski definition) is 1. The lowest BCUT2D eigenvalue weighted by Crippen LogP contribution is -2.01. The van der Waals surface area contributed by atoms with Gasteiger partial charge in [0.05, 0.1) is 7.11 Å². The predicted molar refractivity (Wildman–Crippen MR) is 76.1 cm³/mol. The summed E-state index contributed by atoms with van der Waals surface area (Å²) in [6, 6.07) is 13.9. The van der Waals surface area contributed by atoms with Crippen molar-refractivity contribution >= 4 is 11.0 Å². The average molecular weight is 268 g/mol. The van der Waals surface area contributed by atoms with Crippen LogP contribution in [0, 0.1) is 0 Å². The Morgan fingerprint density at radius 3 is 2.55 bits per heavy atom. The van der Waals surface area contributed by atoms with E-state index in [0.29, 0.717) is 11.3 Å². The van der Waals surface area contributed by atoms with Gasteiger partial charge < -0.3 is 14.3 Å². The van der Waals surface area contributed by atoms with Crippen LogP contribution >= 0.6 is 0 Å². The summed E-state index contributed by atoms with van der Waals surface area (Å²) in [6.45, 7) is 0. The number of fused-ring (bicyclic) bond motifs is 1. The normalized spacial score (nSPS) is 10.7. The molecule has 0 bridgehead atoms. The Morgan fingerprint density at radius 2 is 1.85 bits per heavy atom. The molecule has 0 atom stereocenters. The molecule has 0 aliphatic rings. The smallest absolute Gasteiger partial charge is 0.197 e. The molecule has 0 saturated heterocycles. The van der Waals surface area contributed by atoms with Gasteiger partial charge >= 0.3 is 0 Å². The molecule has 100 valence electrons. The van der Waals surface area contributed by atoms with Gasteiger partial charge in [0.15, 0.2) is 16.9 Å². The molecule has 0 saturated carbocycles. The molecule has 20 heavy (non-hydrogen) atoms. The molecule has 3 aromatic rings. The molecule has 1 N–H and O–H groups in total. The van der Waals surface area contributed by atoms with Crippen molar-refractivity contribution in [3.8, 4) is 22.8 Å². The fourth-order valence-corrected chi connectivity index (χ4v) is 2.13. The van der Waals surface area contributed by atoms with E-state index in [1.807, 2.05) is 30.3 Å². The van der Waals surface area contributed by atoms with Crippen molar-refractivity contribution in [3.63, 3.8) is 0 Å². The zero-order valence-electron chi connectivity index (χ0n) is 10.8. The van der Waals surface area contributed by atoms with Crippen LogP contribution < -0.4 is 10.2 Å². The summed E-state index contributed by atoms with van der Waals surface area (Å²) < 4.78 is 10.7. The fraction of sp³-hybridized carbons (Fsp3) is 0.0625. The lowest BCUT2D eigenvalue weighted by molar-refractivity contribution is 0.376. The third kappa shape index (κ3) is 1.91. The zero-order chi connectivity index (χ0) is 14.1. The fourth-order valence-electron chi connectivity index (χ4n) is 2.13. The molecule has 3 rings (SSSR count). The van der Waals surface area contributed by atoms with Gasteiger partial charge in [-0.1, -0.05) is 30.3 Å². The van der Waals surface area contributed by atoms with Crippen molar-refractivity contribution in [3.05, 3.63) is 58.8 Å². The Kier molecular flexibility index (Phi) is 2.91. The van der Waals surface area contributed by atoms with E-state index in [0.717, 1.165) is 5.56 Å². The van der Waals surface area contributed by atoms with E-state index in [2.05, 4.69) is 0 Å². The van der Waals surface area contributed by atoms with Crippen molar-refractivity contribution < 1.29 is 14.3 Å². The molecule has 0 amide bonds. The van der Waals surface area contributed by atoms with Crippen LogP contribution in [0.3, 0.4) is 0 Å². The van der Waals surface area contributed by atoms with Crippen molar-refractivity contribution in [2.24, 2.45) is 0 Å². The van der Waals surface area contributed by atoms with E-state index in [-0.39, 0.29) is 22.3 Å². The van der Waals surface area contributed by atoms with Crippen LogP contribution in [0.2, 0.25) is 0 Å². The minimum atomic E-state index is -0.304. The van der Waals surface area contributed by atoms with E-state index in [1.165, 1.54) is 13.2 Å². The van der Waals surface area contributed by atoms with Crippen LogP contribution in [0.25, 0.3) is 22.3 Å². The maximum Gasteiger partial charge on any atom is 0.197 e. The Balaban J connectivity index is 2.29. The van der Waals surface area contributed by atoms with Gasteiger partial charge in [-0.15, -0.1) is 0 Å². The Labute approximate surface area is 114 Å². The predicted octanol–water partition coefficient (Wildman–Crippen LogP) is 3.17. The Bertz CT molecular complexity index is 819. The number of aromatic hydroxyl groups is 1. The van der Waals surface area contributed by atoms with E-state index in [9.17, 15) is 9.90 Å². The minimum absolute atomic E-state index is 0.129. The van der Waals surface area contributed by atoms with E-state index >= 15 is 0 Å². The van der Waals surface area contributed by atoms with Gasteiger partial charge in [-0.2, -0.15) is 0 Å². The van der Waals surface area contributed by atoms with Crippen molar-refractivity contribution in [2.45, 2.75) is 0 Å². The van der Waals surface area contributed by atoms with Crippen LogP contribution in [0.4, 0.5) is 0 Å². The second kappa shape index (κ2) is 4.74. The average Bonchev–Trinajstić information content (AvgIpc) is 2.48. The first-order chi connectivity index (χ1) is 9.70. The van der Waals surface area contributed by atoms with Gasteiger partial charge in [0.25, 0.3) is 0 Å². The highest BCUT2D eigenvalue weighted by Gasteiger charge is 2.13. The maximum absolute atomic E-state index is 12.2. The monoisotopic (exact) mass is 268 g/mol. The molecular formula is C16H12O4. The number of phenols is 1. The highest BCUT2D eigenvalue weighted by molar-refractivity contribution is 5.87. The first kappa shape index (κ1) is 12.3. The van der Waals surface area contributed by atoms with Gasteiger partial charge in [-0.3, -0.25) is 4.79 Å². The lowest BCUT2D eigenvalue weighted by atomic mass is 10.1. The molecule has 4 heteroatoms. The van der Waals surface area contributed by atoms with Gasteiger partial charge in [-0.25, -0.2) is 0 Å². The van der Waals surface area contributed by atoms with Crippen LogP contribution in [-0.2, 0) is 0 Å². The molecule has 0 fully saturated rings. The Hall–Kier alpha value is -2.75. The number of phenolic OH excluding ortho intramolecular Hbond substituents is 1. The van der Waals surface area contributed by atoms with E-state index in [1.54, 1.807) is 12.1 Å². The summed E-state index contributed by atoms with van der Waals surface area (Å²) in [4.78, 5) is 12.2. The van der Waals surface area contributed by atoms with Crippen molar-refractivity contribution in [1.82, 2.24) is 0 Å². The molecule has 0 aliphatic carbocycles. The molecule has 0 aliphatic heterocycles. The number of methoxy groups -OCH3 is 1. The van der Waals surface area contributed by atoms with E-state index < -0.39 is 0 Å². The van der Waals surface area contributed by atoms with Crippen LogP contribution in [0.5, 0.6) is 11.5 Å². The second-order valence-electron chi connectivity index (χ2n) is 4.33. The first-order valence-corrected chi connectivity index (χ1v) is 6.10. The number of hydrogen-bond acceptors (Lipinski definition) is 4. The summed E-state index contributed by atoms with van der Waals surface area (Å²) in [6.07, 6.45) is 0. The molecule has 0 spiro atoms. The Morgan fingerprint density at radius 1 is 1.10 bits per heavy atom. The molecule has 4 nitrogen and oxygen atoms in total. The highest BCUT2D eigenvalue weighted by Crippen LogP contribution is 2.33. The molecule has 1 heterocycles. The summed E-state index contributed by atoms with van der Waals surface area (Å²) in [7, 11) is 1.43. The number of rotatable bonds is 2. The molecule has 1 aromatic heterocycles. The quantitative estimate of drug-likeness (QED) is 0.775. The summed E-state index contributed by atoms with van der Waals surface area (Å²) >= 11 is 0. The van der Waals surface area contributed by atoms with Gasteiger partial charge in [0.1, 0.15) is 16.7 Å². The highest BCUT2D eigenvalue weighted by atomic mass is 16.5. The zero-order valence-corrected chi connectivity index (χ0v) is 10.8. The summed E-state index contributed by atoms with van der Waals surface area (Å²) in [5.41, 5.74) is 0.831. The second-order valence-corrected chi connectivity index (χ2v) is 4.33. The van der Waals surface area contributed by atoms with Gasteiger partial charge in [0.2, 0.25) is 0 Å². The SMILES string of the molecule is COc1ccc2oc(-c3ccccc3)cc(=O)c2c1O. The molecule has 2 aromatic carbocycles. The molecule has 0 radical (unpaired) electrons. The van der Waals surface area contributed by atoms with Crippen LogP contribution in [-0.4, -0.2) is 12.2 Å². The van der Waals surface area contributed by atoms with Gasteiger partial charge in [-0.05, 0) is 12.1 Å². The third-order valence-corrected chi connectivity index (χ3v) is 3.11. The standard InChI is InChI=1S/C16H12O4/c1-19-13-8-7-12-15(16(13)18)11(17)9-14(20-12)10-5-3-2-4-6-10/h2-9,18H,1H3. The number of benzene rings is 2. The number of ether oxygens (including phenoxy) is 1. The van der Waals surface area contributed by atoms with Crippen LogP contribution in [0.1, 0.15) is 0 Å². The van der Waals surface area contributed by atoms with Crippen molar-refractivity contribution in [1.29, 1.82) is 0 Å². The topological polar surface area (TPSA) is 59.7 Å².